The molecule has 0 heterocycles. The Kier molecular flexibility index (Phi) is 3.72. The van der Waals surface area contributed by atoms with E-state index >= 15 is 0 Å². The van der Waals surface area contributed by atoms with Crippen molar-refractivity contribution in [3.8, 4) is 0 Å². The van der Waals surface area contributed by atoms with Gasteiger partial charge < -0.3 is 10.2 Å². The Balaban J connectivity index is 3.72. The van der Waals surface area contributed by atoms with Gasteiger partial charge in [0.1, 0.15) is 6.17 Å². The van der Waals surface area contributed by atoms with Gasteiger partial charge in [-0.1, -0.05) is 15.9 Å². The van der Waals surface area contributed by atoms with Crippen LogP contribution >= 0.6 is 15.9 Å². The maximum atomic E-state index is 12.1. The number of alkyl halides is 2. The number of rotatable bonds is 3. The Morgan fingerprint density at radius 1 is 1.78 bits per heavy atom. The lowest BCUT2D eigenvalue weighted by molar-refractivity contribution is -0.149. The zero-order chi connectivity index (χ0) is 7.44. The second-order valence-corrected chi connectivity index (χ2v) is 2.10. The summed E-state index contributed by atoms with van der Waals surface area (Å²) in [5.41, 5.74) is 0. The molecule has 0 aliphatic heterocycles. The summed E-state index contributed by atoms with van der Waals surface area (Å²) in [5.74, 6) is -1.54. The molecule has 5 heteroatoms. The van der Waals surface area contributed by atoms with Crippen molar-refractivity contribution < 1.29 is 19.4 Å². The van der Waals surface area contributed by atoms with Crippen molar-refractivity contribution in [1.82, 2.24) is 0 Å². The Labute approximate surface area is 59.6 Å². The van der Waals surface area contributed by atoms with Gasteiger partial charge in [0.2, 0.25) is 0 Å². The van der Waals surface area contributed by atoms with Crippen molar-refractivity contribution in [1.29, 1.82) is 0 Å². The fraction of sp³-hybridized carbons (Fsp3) is 0.750. The van der Waals surface area contributed by atoms with Gasteiger partial charge in [-0.3, -0.25) is 0 Å². The van der Waals surface area contributed by atoms with Crippen LogP contribution in [0.5, 0.6) is 0 Å². The fourth-order valence-corrected chi connectivity index (χ4v) is 0.593. The van der Waals surface area contributed by atoms with Gasteiger partial charge in [-0.15, -0.1) is 0 Å². The van der Waals surface area contributed by atoms with Crippen LogP contribution in [0.3, 0.4) is 0 Å². The molecule has 0 aliphatic carbocycles. The SMILES string of the molecule is O=C(O)[C@@H](O)[C@H](F)CBr. The molecule has 0 rings (SSSR count). The number of aliphatic hydroxyl groups excluding tert-OH is 1. The van der Waals surface area contributed by atoms with Crippen LogP contribution in [0.15, 0.2) is 0 Å². The highest BCUT2D eigenvalue weighted by molar-refractivity contribution is 9.09. The van der Waals surface area contributed by atoms with E-state index in [-0.39, 0.29) is 5.33 Å². The summed E-state index contributed by atoms with van der Waals surface area (Å²) in [6.07, 6.45) is -3.65. The minimum absolute atomic E-state index is 0.166. The molecule has 0 aromatic rings. The van der Waals surface area contributed by atoms with Gasteiger partial charge in [0, 0.05) is 5.33 Å². The molecular weight excluding hydrogens is 195 g/mol. The molecule has 54 valence electrons. The van der Waals surface area contributed by atoms with Gasteiger partial charge in [-0.05, 0) is 0 Å². The van der Waals surface area contributed by atoms with Gasteiger partial charge in [0.15, 0.2) is 6.10 Å². The molecule has 0 aromatic heterocycles. The van der Waals surface area contributed by atoms with Crippen molar-refractivity contribution in [2.75, 3.05) is 5.33 Å². The Morgan fingerprint density at radius 3 is 2.33 bits per heavy atom. The average Bonchev–Trinajstić information content (AvgIpc) is 1.84. The molecule has 0 unspecified atom stereocenters. The first kappa shape index (κ1) is 8.84. The number of aliphatic carboxylic acids is 1. The predicted molar refractivity (Wildman–Crippen MR) is 32.3 cm³/mol. The summed E-state index contributed by atoms with van der Waals surface area (Å²) >= 11 is 2.69. The summed E-state index contributed by atoms with van der Waals surface area (Å²) in [5, 5.41) is 16.2. The maximum Gasteiger partial charge on any atom is 0.335 e. The van der Waals surface area contributed by atoms with Gasteiger partial charge in [-0.2, -0.15) is 0 Å². The molecule has 0 aromatic carbocycles. The van der Waals surface area contributed by atoms with Gasteiger partial charge in [-0.25, -0.2) is 9.18 Å². The topological polar surface area (TPSA) is 57.5 Å². The zero-order valence-electron chi connectivity index (χ0n) is 4.42. The van der Waals surface area contributed by atoms with E-state index in [0.717, 1.165) is 0 Å². The van der Waals surface area contributed by atoms with Crippen molar-refractivity contribution in [3.05, 3.63) is 0 Å². The maximum absolute atomic E-state index is 12.1. The van der Waals surface area contributed by atoms with Gasteiger partial charge in [0.25, 0.3) is 0 Å². The second kappa shape index (κ2) is 3.79. The molecule has 9 heavy (non-hydrogen) atoms. The van der Waals surface area contributed by atoms with Gasteiger partial charge in [0.05, 0.1) is 0 Å². The summed E-state index contributed by atoms with van der Waals surface area (Å²) in [4.78, 5) is 9.79. The molecule has 0 bridgehead atoms. The number of aliphatic hydroxyl groups is 1. The highest BCUT2D eigenvalue weighted by Gasteiger charge is 2.23. The average molecular weight is 201 g/mol. The van der Waals surface area contributed by atoms with E-state index in [1.165, 1.54) is 0 Å². The smallest absolute Gasteiger partial charge is 0.335 e. The van der Waals surface area contributed by atoms with E-state index in [0.29, 0.717) is 0 Å². The summed E-state index contributed by atoms with van der Waals surface area (Å²) in [6.45, 7) is 0. The van der Waals surface area contributed by atoms with Crippen molar-refractivity contribution in [2.24, 2.45) is 0 Å². The van der Waals surface area contributed by atoms with Crippen LogP contribution in [-0.4, -0.2) is 33.8 Å². The molecule has 0 saturated carbocycles. The number of carboxylic acid groups (broad SMARTS) is 1. The van der Waals surface area contributed by atoms with E-state index in [4.69, 9.17) is 10.2 Å². The molecule has 0 amide bonds. The molecule has 2 N–H and O–H groups in total. The number of hydrogen-bond acceptors (Lipinski definition) is 2. The van der Waals surface area contributed by atoms with E-state index in [2.05, 4.69) is 15.9 Å². The van der Waals surface area contributed by atoms with Crippen molar-refractivity contribution >= 4 is 21.9 Å². The Hall–Kier alpha value is -0.160. The molecule has 0 aliphatic rings. The van der Waals surface area contributed by atoms with E-state index < -0.39 is 18.2 Å². The third kappa shape index (κ3) is 2.76. The predicted octanol–water partition coefficient (Wildman–Crippen LogP) is 0.165. The zero-order valence-corrected chi connectivity index (χ0v) is 6.01. The lowest BCUT2D eigenvalue weighted by Crippen LogP contribution is -2.31. The molecule has 2 atom stereocenters. The van der Waals surface area contributed by atoms with Crippen molar-refractivity contribution in [2.45, 2.75) is 12.3 Å². The van der Waals surface area contributed by atoms with Crippen LogP contribution in [0.1, 0.15) is 0 Å². The first-order valence-electron chi connectivity index (χ1n) is 2.20. The first-order valence-corrected chi connectivity index (χ1v) is 3.32. The minimum atomic E-state index is -1.91. The highest BCUT2D eigenvalue weighted by atomic mass is 79.9. The summed E-state index contributed by atoms with van der Waals surface area (Å²) in [7, 11) is 0. The Bertz CT molecular complexity index is 108. The van der Waals surface area contributed by atoms with E-state index in [1.54, 1.807) is 0 Å². The van der Waals surface area contributed by atoms with Crippen LogP contribution < -0.4 is 0 Å². The largest absolute Gasteiger partial charge is 0.479 e. The monoisotopic (exact) mass is 200 g/mol. The number of carboxylic acids is 1. The number of halogens is 2. The fourth-order valence-electron chi connectivity index (χ4n) is 0.239. The molecule has 0 saturated heterocycles. The molecule has 0 spiro atoms. The standard InChI is InChI=1S/C4H6BrFO3/c5-1-2(6)3(7)4(8)9/h2-3,7H,1H2,(H,8,9)/t2-,3+/m1/s1. The molecular formula is C4H6BrFO3. The molecule has 0 fully saturated rings. The van der Waals surface area contributed by atoms with Crippen LogP contribution in [0.2, 0.25) is 0 Å². The lowest BCUT2D eigenvalue weighted by Gasteiger charge is -2.06. The first-order chi connectivity index (χ1) is 4.09. The molecule has 3 nitrogen and oxygen atoms in total. The van der Waals surface area contributed by atoms with Crippen LogP contribution in [0.25, 0.3) is 0 Å². The number of carbonyl (C=O) groups is 1. The Morgan fingerprint density at radius 2 is 2.22 bits per heavy atom. The number of hydrogen-bond donors (Lipinski definition) is 2. The highest BCUT2D eigenvalue weighted by Crippen LogP contribution is 2.02. The van der Waals surface area contributed by atoms with Crippen LogP contribution in [0, 0.1) is 0 Å². The van der Waals surface area contributed by atoms with Gasteiger partial charge >= 0.3 is 5.97 Å². The van der Waals surface area contributed by atoms with E-state index in [1.807, 2.05) is 0 Å². The van der Waals surface area contributed by atoms with Crippen LogP contribution in [0.4, 0.5) is 4.39 Å². The van der Waals surface area contributed by atoms with E-state index in [9.17, 15) is 9.18 Å². The molecule has 0 radical (unpaired) electrons. The lowest BCUT2D eigenvalue weighted by atomic mass is 10.2. The normalized spacial score (nSPS) is 16.8. The van der Waals surface area contributed by atoms with Crippen molar-refractivity contribution in [3.63, 3.8) is 0 Å². The second-order valence-electron chi connectivity index (χ2n) is 1.45. The summed E-state index contributed by atoms with van der Waals surface area (Å²) < 4.78 is 12.1. The third-order valence-corrected chi connectivity index (χ3v) is 1.36. The minimum Gasteiger partial charge on any atom is -0.479 e. The third-order valence-electron chi connectivity index (χ3n) is 0.743. The quantitative estimate of drug-likeness (QED) is 0.639. The summed E-state index contributed by atoms with van der Waals surface area (Å²) in [6, 6.07) is 0. The van der Waals surface area contributed by atoms with Crippen LogP contribution in [-0.2, 0) is 4.79 Å².